The molecule has 0 saturated carbocycles. The first-order chi connectivity index (χ1) is 11.5. The highest BCUT2D eigenvalue weighted by Crippen LogP contribution is 2.28. The van der Waals surface area contributed by atoms with Crippen molar-refractivity contribution in [1.82, 2.24) is 9.46 Å². The zero-order valence-corrected chi connectivity index (χ0v) is 14.8. The molecule has 1 aromatic heterocycles. The molecule has 0 bridgehead atoms. The third kappa shape index (κ3) is 3.47. The van der Waals surface area contributed by atoms with Crippen LogP contribution in [-0.2, 0) is 10.0 Å². The summed E-state index contributed by atoms with van der Waals surface area (Å²) < 4.78 is 37.9. The molecule has 2 aromatic rings. The lowest BCUT2D eigenvalue weighted by molar-refractivity contribution is 0.185. The Hall–Kier alpha value is -1.86. The smallest absolute Gasteiger partial charge is 0.248 e. The zero-order chi connectivity index (χ0) is 17.2. The fourth-order valence-corrected chi connectivity index (χ4v) is 4.78. The van der Waals surface area contributed by atoms with Crippen molar-refractivity contribution in [3.63, 3.8) is 0 Å². The molecule has 1 aromatic carbocycles. The Bertz CT molecular complexity index is 759. The predicted octanol–water partition coefficient (Wildman–Crippen LogP) is 2.77. The van der Waals surface area contributed by atoms with E-state index in [4.69, 9.17) is 9.26 Å². The number of sulfonamides is 1. The van der Waals surface area contributed by atoms with Gasteiger partial charge in [-0.3, -0.25) is 0 Å². The minimum Gasteiger partial charge on any atom is -0.493 e. The summed E-state index contributed by atoms with van der Waals surface area (Å²) in [5.41, 5.74) is 0.419. The van der Waals surface area contributed by atoms with E-state index in [0.717, 1.165) is 18.6 Å². The molecule has 1 fully saturated rings. The van der Waals surface area contributed by atoms with E-state index >= 15 is 0 Å². The number of hydrogen-bond acceptors (Lipinski definition) is 5. The Morgan fingerprint density at radius 1 is 1.21 bits per heavy atom. The van der Waals surface area contributed by atoms with Gasteiger partial charge in [0.25, 0.3) is 0 Å². The van der Waals surface area contributed by atoms with Crippen molar-refractivity contribution in [2.45, 2.75) is 31.6 Å². The number of hydrogen-bond donors (Lipinski definition) is 0. The van der Waals surface area contributed by atoms with Gasteiger partial charge >= 0.3 is 0 Å². The third-order valence-electron chi connectivity index (χ3n) is 4.37. The molecule has 130 valence electrons. The van der Waals surface area contributed by atoms with Crippen LogP contribution in [-0.4, -0.2) is 37.6 Å². The highest BCUT2D eigenvalue weighted by Gasteiger charge is 2.33. The molecule has 1 aliphatic heterocycles. The maximum absolute atomic E-state index is 12.8. The second kappa shape index (κ2) is 6.94. The standard InChI is InChI=1S/C17H22N2O4S/c1-13-17(14(2)23-18-13)24(20,21)19-10-8-15(9-11-19)12-22-16-6-4-3-5-7-16/h3-7,15H,8-12H2,1-2H3. The number of rotatable bonds is 5. The van der Waals surface area contributed by atoms with E-state index in [2.05, 4.69) is 5.16 Å². The van der Waals surface area contributed by atoms with Gasteiger partial charge < -0.3 is 9.26 Å². The van der Waals surface area contributed by atoms with Crippen LogP contribution >= 0.6 is 0 Å². The summed E-state index contributed by atoms with van der Waals surface area (Å²) in [6.45, 7) is 4.89. The van der Waals surface area contributed by atoms with E-state index in [-0.39, 0.29) is 4.90 Å². The van der Waals surface area contributed by atoms with Crippen LogP contribution in [0.2, 0.25) is 0 Å². The molecule has 0 unspecified atom stereocenters. The molecule has 3 rings (SSSR count). The lowest BCUT2D eigenvalue weighted by Crippen LogP contribution is -2.40. The molecular weight excluding hydrogens is 328 g/mol. The summed E-state index contributed by atoms with van der Waals surface area (Å²) in [6.07, 6.45) is 1.57. The Morgan fingerprint density at radius 2 is 1.88 bits per heavy atom. The van der Waals surface area contributed by atoms with Gasteiger partial charge in [0.05, 0.1) is 6.61 Å². The monoisotopic (exact) mass is 350 g/mol. The van der Waals surface area contributed by atoms with Crippen LogP contribution in [0.25, 0.3) is 0 Å². The first-order valence-electron chi connectivity index (χ1n) is 8.09. The van der Waals surface area contributed by atoms with Crippen LogP contribution in [0.15, 0.2) is 39.8 Å². The topological polar surface area (TPSA) is 72.6 Å². The van der Waals surface area contributed by atoms with Crippen LogP contribution in [0.3, 0.4) is 0 Å². The van der Waals surface area contributed by atoms with E-state index in [1.54, 1.807) is 13.8 Å². The van der Waals surface area contributed by atoms with Crippen molar-refractivity contribution in [1.29, 1.82) is 0 Å². The fourth-order valence-electron chi connectivity index (χ4n) is 3.02. The quantitative estimate of drug-likeness (QED) is 0.829. The Kier molecular flexibility index (Phi) is 4.91. The van der Waals surface area contributed by atoms with Gasteiger partial charge in [-0.1, -0.05) is 23.4 Å². The second-order valence-electron chi connectivity index (χ2n) is 6.12. The molecule has 0 amide bonds. The number of aromatic nitrogens is 1. The van der Waals surface area contributed by atoms with E-state index in [1.165, 1.54) is 4.31 Å². The normalized spacial score (nSPS) is 17.1. The molecule has 0 spiro atoms. The van der Waals surface area contributed by atoms with Crippen LogP contribution < -0.4 is 4.74 Å². The number of benzene rings is 1. The van der Waals surface area contributed by atoms with Gasteiger partial charge in [-0.25, -0.2) is 8.42 Å². The Morgan fingerprint density at radius 3 is 2.46 bits per heavy atom. The predicted molar refractivity (Wildman–Crippen MR) is 89.4 cm³/mol. The number of aryl methyl sites for hydroxylation is 2. The van der Waals surface area contributed by atoms with E-state index in [9.17, 15) is 8.42 Å². The zero-order valence-electron chi connectivity index (χ0n) is 13.9. The maximum Gasteiger partial charge on any atom is 0.248 e. The minimum absolute atomic E-state index is 0.210. The molecule has 1 saturated heterocycles. The first kappa shape index (κ1) is 17.0. The number of para-hydroxylation sites is 1. The molecule has 7 heteroatoms. The fraction of sp³-hybridized carbons (Fsp3) is 0.471. The number of nitrogens with zero attached hydrogens (tertiary/aromatic N) is 2. The molecule has 2 heterocycles. The molecule has 24 heavy (non-hydrogen) atoms. The van der Waals surface area contributed by atoms with Gasteiger partial charge in [-0.05, 0) is 44.7 Å². The van der Waals surface area contributed by atoms with E-state index in [0.29, 0.717) is 37.1 Å². The van der Waals surface area contributed by atoms with Gasteiger partial charge in [0.2, 0.25) is 10.0 Å². The lowest BCUT2D eigenvalue weighted by Gasteiger charge is -2.31. The van der Waals surface area contributed by atoms with Crippen molar-refractivity contribution in [3.8, 4) is 5.75 Å². The number of piperidine rings is 1. The van der Waals surface area contributed by atoms with Crippen molar-refractivity contribution >= 4 is 10.0 Å². The van der Waals surface area contributed by atoms with Crippen molar-refractivity contribution in [2.24, 2.45) is 5.92 Å². The summed E-state index contributed by atoms with van der Waals surface area (Å²) in [5, 5.41) is 3.75. The highest BCUT2D eigenvalue weighted by molar-refractivity contribution is 7.89. The Labute approximate surface area is 142 Å². The van der Waals surface area contributed by atoms with Crippen molar-refractivity contribution in [3.05, 3.63) is 41.8 Å². The van der Waals surface area contributed by atoms with Gasteiger partial charge in [-0.2, -0.15) is 4.31 Å². The van der Waals surface area contributed by atoms with E-state index < -0.39 is 10.0 Å². The van der Waals surface area contributed by atoms with Crippen LogP contribution in [0, 0.1) is 19.8 Å². The largest absolute Gasteiger partial charge is 0.493 e. The van der Waals surface area contributed by atoms with E-state index in [1.807, 2.05) is 30.3 Å². The molecule has 6 nitrogen and oxygen atoms in total. The highest BCUT2D eigenvalue weighted by atomic mass is 32.2. The van der Waals surface area contributed by atoms with Gasteiger partial charge in [0.1, 0.15) is 16.3 Å². The number of ether oxygens (including phenoxy) is 1. The summed E-state index contributed by atoms with van der Waals surface area (Å²) in [4.78, 5) is 0.210. The average Bonchev–Trinajstić information content (AvgIpc) is 2.93. The summed E-state index contributed by atoms with van der Waals surface area (Å²) >= 11 is 0. The molecule has 0 aliphatic carbocycles. The SMILES string of the molecule is Cc1noc(C)c1S(=O)(=O)N1CCC(COc2ccccc2)CC1. The van der Waals surface area contributed by atoms with Crippen molar-refractivity contribution in [2.75, 3.05) is 19.7 Å². The Balaban J connectivity index is 1.59. The summed E-state index contributed by atoms with van der Waals surface area (Å²) in [5.74, 6) is 1.56. The van der Waals surface area contributed by atoms with Crippen LogP contribution in [0.4, 0.5) is 0 Å². The third-order valence-corrected chi connectivity index (χ3v) is 6.51. The molecule has 0 radical (unpaired) electrons. The molecular formula is C17H22N2O4S. The maximum atomic E-state index is 12.8. The molecule has 1 aliphatic rings. The first-order valence-corrected chi connectivity index (χ1v) is 9.53. The molecule has 0 atom stereocenters. The van der Waals surface area contributed by atoms with Crippen molar-refractivity contribution < 1.29 is 17.7 Å². The van der Waals surface area contributed by atoms with Gasteiger partial charge in [0.15, 0.2) is 5.76 Å². The second-order valence-corrected chi connectivity index (χ2v) is 8.00. The summed E-state index contributed by atoms with van der Waals surface area (Å²) in [6, 6.07) is 9.68. The van der Waals surface area contributed by atoms with Crippen LogP contribution in [0.5, 0.6) is 5.75 Å². The minimum atomic E-state index is -3.53. The summed E-state index contributed by atoms with van der Waals surface area (Å²) in [7, 11) is -3.53. The van der Waals surface area contributed by atoms with Gasteiger partial charge in [-0.15, -0.1) is 0 Å². The van der Waals surface area contributed by atoms with Crippen LogP contribution in [0.1, 0.15) is 24.3 Å². The van der Waals surface area contributed by atoms with Gasteiger partial charge in [0, 0.05) is 13.1 Å². The average molecular weight is 350 g/mol. The molecule has 0 N–H and O–H groups in total. The lowest BCUT2D eigenvalue weighted by atomic mass is 9.99.